The fourth-order valence-electron chi connectivity index (χ4n) is 4.08. The van der Waals surface area contributed by atoms with Crippen LogP contribution in [0.25, 0.3) is 0 Å². The van der Waals surface area contributed by atoms with Gasteiger partial charge in [0, 0.05) is 6.42 Å². The first-order valence-electron chi connectivity index (χ1n) is 10.8. The summed E-state index contributed by atoms with van der Waals surface area (Å²) in [6, 6.07) is 14.7. The van der Waals surface area contributed by atoms with Gasteiger partial charge in [0.2, 0.25) is 0 Å². The minimum Gasteiger partial charge on any atom is -0.478 e. The van der Waals surface area contributed by atoms with Crippen molar-refractivity contribution in [3.63, 3.8) is 0 Å². The molecule has 0 aromatic heterocycles. The third-order valence-electron chi connectivity index (χ3n) is 5.89. The van der Waals surface area contributed by atoms with Crippen molar-refractivity contribution >= 4 is 11.8 Å². The molecule has 0 spiro atoms. The van der Waals surface area contributed by atoms with Gasteiger partial charge in [-0.15, -0.1) is 0 Å². The molecule has 2 aromatic rings. The summed E-state index contributed by atoms with van der Waals surface area (Å²) in [6.45, 7) is 2.15. The van der Waals surface area contributed by atoms with E-state index in [1.54, 1.807) is 12.1 Å². The maximum atomic E-state index is 12.6. The molecule has 4 nitrogen and oxygen atoms in total. The van der Waals surface area contributed by atoms with Crippen molar-refractivity contribution < 1.29 is 19.8 Å². The number of ketones is 1. The fourth-order valence-corrected chi connectivity index (χ4v) is 4.08. The van der Waals surface area contributed by atoms with Crippen LogP contribution in [0.5, 0.6) is 0 Å². The molecule has 0 saturated heterocycles. The molecule has 2 N–H and O–H groups in total. The molecule has 1 saturated carbocycles. The van der Waals surface area contributed by atoms with Crippen LogP contribution in [0.15, 0.2) is 60.2 Å². The summed E-state index contributed by atoms with van der Waals surface area (Å²) in [6.07, 6.45) is 7.68. The van der Waals surface area contributed by atoms with E-state index in [9.17, 15) is 14.7 Å². The molecule has 2 atom stereocenters. The van der Waals surface area contributed by atoms with Gasteiger partial charge in [-0.05, 0) is 48.1 Å². The van der Waals surface area contributed by atoms with E-state index < -0.39 is 12.1 Å². The number of carbonyl (C=O) groups excluding carboxylic acids is 1. The van der Waals surface area contributed by atoms with E-state index in [-0.39, 0.29) is 17.3 Å². The Morgan fingerprint density at radius 3 is 2.40 bits per heavy atom. The average Bonchev–Trinajstić information content (AvgIpc) is 3.13. The van der Waals surface area contributed by atoms with Crippen molar-refractivity contribution in [2.75, 3.05) is 0 Å². The van der Waals surface area contributed by atoms with E-state index in [1.165, 1.54) is 0 Å². The van der Waals surface area contributed by atoms with Gasteiger partial charge in [-0.3, -0.25) is 4.79 Å². The Labute approximate surface area is 178 Å². The highest BCUT2D eigenvalue weighted by Gasteiger charge is 2.30. The molecular weight excluding hydrogens is 376 g/mol. The Morgan fingerprint density at radius 2 is 1.77 bits per heavy atom. The smallest absolute Gasteiger partial charge is 0.335 e. The predicted molar refractivity (Wildman–Crippen MR) is 118 cm³/mol. The summed E-state index contributed by atoms with van der Waals surface area (Å²) < 4.78 is 0. The number of carboxylic acid groups (broad SMARTS) is 1. The molecule has 0 heterocycles. The third-order valence-corrected chi connectivity index (χ3v) is 5.89. The van der Waals surface area contributed by atoms with Gasteiger partial charge in [0.15, 0.2) is 0 Å². The summed E-state index contributed by atoms with van der Waals surface area (Å²) in [4.78, 5) is 23.5. The lowest BCUT2D eigenvalue weighted by molar-refractivity contribution is -0.118. The van der Waals surface area contributed by atoms with Crippen molar-refractivity contribution in [2.45, 2.75) is 63.9 Å². The number of allylic oxidation sites excluding steroid dienone is 2. The van der Waals surface area contributed by atoms with Crippen molar-refractivity contribution in [3.05, 3.63) is 82.4 Å². The highest BCUT2D eigenvalue weighted by atomic mass is 16.4. The number of aliphatic hydroxyl groups excluding tert-OH is 1. The van der Waals surface area contributed by atoms with Crippen LogP contribution in [-0.2, 0) is 11.2 Å². The van der Waals surface area contributed by atoms with Crippen LogP contribution in [0.1, 0.15) is 84.5 Å². The van der Waals surface area contributed by atoms with Crippen molar-refractivity contribution in [1.82, 2.24) is 0 Å². The van der Waals surface area contributed by atoms with E-state index in [4.69, 9.17) is 5.11 Å². The van der Waals surface area contributed by atoms with Gasteiger partial charge in [-0.25, -0.2) is 4.79 Å². The average molecular weight is 407 g/mol. The number of hydrogen-bond acceptors (Lipinski definition) is 3. The number of carboxylic acids is 1. The van der Waals surface area contributed by atoms with E-state index >= 15 is 0 Å². The zero-order valence-electron chi connectivity index (χ0n) is 17.5. The molecule has 0 aliphatic heterocycles. The van der Waals surface area contributed by atoms with Crippen LogP contribution < -0.4 is 0 Å². The van der Waals surface area contributed by atoms with Crippen LogP contribution in [0.3, 0.4) is 0 Å². The first-order chi connectivity index (χ1) is 14.5. The molecule has 0 amide bonds. The highest BCUT2D eigenvalue weighted by molar-refractivity contribution is 5.92. The molecule has 2 aromatic carbocycles. The Balaban J connectivity index is 1.69. The number of benzene rings is 2. The summed E-state index contributed by atoms with van der Waals surface area (Å²) >= 11 is 0. The van der Waals surface area contributed by atoms with Gasteiger partial charge < -0.3 is 10.2 Å². The van der Waals surface area contributed by atoms with Crippen LogP contribution in [0.4, 0.5) is 0 Å². The van der Waals surface area contributed by atoms with Crippen molar-refractivity contribution in [1.29, 1.82) is 0 Å². The maximum absolute atomic E-state index is 12.6. The molecule has 1 aliphatic rings. The molecule has 158 valence electrons. The van der Waals surface area contributed by atoms with E-state index in [2.05, 4.69) is 13.0 Å². The van der Waals surface area contributed by atoms with Gasteiger partial charge in [0.1, 0.15) is 5.78 Å². The summed E-state index contributed by atoms with van der Waals surface area (Å²) in [7, 11) is 0. The Morgan fingerprint density at radius 1 is 1.07 bits per heavy atom. The predicted octanol–water partition coefficient (Wildman–Crippen LogP) is 5.61. The molecular formula is C26H30O4. The Kier molecular flexibility index (Phi) is 7.58. The monoisotopic (exact) mass is 406 g/mol. The molecule has 1 aliphatic carbocycles. The summed E-state index contributed by atoms with van der Waals surface area (Å²) in [5.41, 5.74) is 4.31. The molecule has 0 bridgehead atoms. The minimum atomic E-state index is -0.930. The number of hydrogen-bond donors (Lipinski definition) is 2. The zero-order valence-corrected chi connectivity index (χ0v) is 17.5. The number of rotatable bonds is 9. The van der Waals surface area contributed by atoms with E-state index in [0.717, 1.165) is 54.4 Å². The Hall–Kier alpha value is -2.72. The van der Waals surface area contributed by atoms with Gasteiger partial charge in [0.25, 0.3) is 0 Å². The summed E-state index contributed by atoms with van der Waals surface area (Å²) in [5, 5.41) is 19.4. The largest absolute Gasteiger partial charge is 0.478 e. The SMILES string of the molecule is CCCCCC(O)c1ccc(C2C(=O)CC/C2=C/Cc2ccc(C(=O)O)cc2)cc1. The fraction of sp³-hybridized carbons (Fsp3) is 0.385. The third kappa shape index (κ3) is 5.45. The lowest BCUT2D eigenvalue weighted by Gasteiger charge is -2.15. The van der Waals surface area contributed by atoms with Crippen molar-refractivity contribution in [2.24, 2.45) is 0 Å². The first kappa shape index (κ1) is 22.0. The van der Waals surface area contributed by atoms with Crippen LogP contribution in [0, 0.1) is 0 Å². The molecule has 4 heteroatoms. The summed E-state index contributed by atoms with van der Waals surface area (Å²) in [5.74, 6) is -0.909. The van der Waals surface area contributed by atoms with Gasteiger partial charge in [-0.2, -0.15) is 0 Å². The Bertz CT molecular complexity index is 894. The first-order valence-corrected chi connectivity index (χ1v) is 10.8. The number of aliphatic hydroxyl groups is 1. The molecule has 3 rings (SSSR count). The molecule has 30 heavy (non-hydrogen) atoms. The van der Waals surface area contributed by atoms with E-state index in [1.807, 2.05) is 36.4 Å². The topological polar surface area (TPSA) is 74.6 Å². The maximum Gasteiger partial charge on any atom is 0.335 e. The number of unbranched alkanes of at least 4 members (excludes halogenated alkanes) is 2. The second-order valence-electron chi connectivity index (χ2n) is 8.06. The second-order valence-corrected chi connectivity index (χ2v) is 8.06. The number of carbonyl (C=O) groups is 2. The lowest BCUT2D eigenvalue weighted by atomic mass is 9.90. The molecule has 0 radical (unpaired) electrons. The van der Waals surface area contributed by atoms with Gasteiger partial charge in [0.05, 0.1) is 17.6 Å². The van der Waals surface area contributed by atoms with E-state index in [0.29, 0.717) is 12.8 Å². The minimum absolute atomic E-state index is 0.213. The van der Waals surface area contributed by atoms with Gasteiger partial charge >= 0.3 is 5.97 Å². The second kappa shape index (κ2) is 10.4. The highest BCUT2D eigenvalue weighted by Crippen LogP contribution is 2.37. The molecule has 1 fully saturated rings. The number of aromatic carboxylic acids is 1. The van der Waals surface area contributed by atoms with Crippen LogP contribution >= 0.6 is 0 Å². The number of Topliss-reactive ketones (excluding diaryl/α,β-unsaturated/α-hetero) is 1. The van der Waals surface area contributed by atoms with Gasteiger partial charge in [-0.1, -0.05) is 74.2 Å². The standard InChI is InChI=1S/C26H30O4/c1-2-3-4-5-23(27)19-12-14-21(15-13-19)25-20(16-17-24(25)28)9-6-18-7-10-22(11-8-18)26(29)30/h7-15,23,25,27H,2-6,16-17H2,1H3,(H,29,30)/b20-9-. The zero-order chi connectivity index (χ0) is 21.5. The van der Waals surface area contributed by atoms with Crippen molar-refractivity contribution in [3.8, 4) is 0 Å². The quantitative estimate of drug-likeness (QED) is 0.419. The van der Waals surface area contributed by atoms with Crippen LogP contribution in [-0.4, -0.2) is 22.0 Å². The lowest BCUT2D eigenvalue weighted by Crippen LogP contribution is -2.07. The van der Waals surface area contributed by atoms with Crippen LogP contribution in [0.2, 0.25) is 0 Å². The normalized spacial score (nSPS) is 18.7. The molecule has 2 unspecified atom stereocenters.